The van der Waals surface area contributed by atoms with Crippen molar-refractivity contribution in [1.82, 2.24) is 14.8 Å². The minimum absolute atomic E-state index is 0.906. The molecular formula is C26H31N3. The van der Waals surface area contributed by atoms with Crippen molar-refractivity contribution in [3.8, 4) is 0 Å². The topological polar surface area (TPSA) is 20.2 Å². The standard InChI is InChI=1S/C26H31N3/c1-28(2)17-8-18-29-25-12-7-6-11-23(25)24-19-22(13-14-26(24)29)20-27-16-15-21-9-4-3-5-10-21/h3-7,9-14,19,27H,8,15-18,20H2,1-2H3. The molecule has 3 nitrogen and oxygen atoms in total. The average molecular weight is 386 g/mol. The first kappa shape index (κ1) is 19.7. The maximum absolute atomic E-state index is 3.60. The van der Waals surface area contributed by atoms with E-state index in [2.05, 4.69) is 102 Å². The Bertz CT molecular complexity index is 1060. The van der Waals surface area contributed by atoms with E-state index < -0.39 is 0 Å². The van der Waals surface area contributed by atoms with E-state index in [4.69, 9.17) is 0 Å². The second kappa shape index (κ2) is 9.25. The Balaban J connectivity index is 1.50. The number of benzene rings is 3. The number of nitrogens with zero attached hydrogens (tertiary/aromatic N) is 2. The molecule has 0 saturated heterocycles. The quantitative estimate of drug-likeness (QED) is 0.406. The van der Waals surface area contributed by atoms with Crippen molar-refractivity contribution >= 4 is 21.8 Å². The molecule has 0 unspecified atom stereocenters. The van der Waals surface area contributed by atoms with E-state index in [0.717, 1.165) is 39.0 Å². The summed E-state index contributed by atoms with van der Waals surface area (Å²) in [5.41, 5.74) is 5.42. The van der Waals surface area contributed by atoms with Gasteiger partial charge in [-0.3, -0.25) is 0 Å². The molecule has 4 rings (SSSR count). The average Bonchev–Trinajstić information content (AvgIpc) is 3.05. The highest BCUT2D eigenvalue weighted by atomic mass is 15.1. The van der Waals surface area contributed by atoms with Gasteiger partial charge < -0.3 is 14.8 Å². The summed E-state index contributed by atoms with van der Waals surface area (Å²) in [6.45, 7) is 4.06. The Morgan fingerprint density at radius 2 is 1.55 bits per heavy atom. The zero-order chi connectivity index (χ0) is 20.1. The molecule has 0 radical (unpaired) electrons. The lowest BCUT2D eigenvalue weighted by Gasteiger charge is -2.12. The molecule has 150 valence electrons. The van der Waals surface area contributed by atoms with Gasteiger partial charge in [0, 0.05) is 34.9 Å². The number of para-hydroxylation sites is 1. The molecule has 0 bridgehead atoms. The summed E-state index contributed by atoms with van der Waals surface area (Å²) < 4.78 is 2.49. The zero-order valence-electron chi connectivity index (χ0n) is 17.6. The lowest BCUT2D eigenvalue weighted by molar-refractivity contribution is 0.389. The van der Waals surface area contributed by atoms with Crippen molar-refractivity contribution in [3.05, 3.63) is 83.9 Å². The molecule has 3 aromatic carbocycles. The van der Waals surface area contributed by atoms with Crippen molar-refractivity contribution in [3.63, 3.8) is 0 Å². The van der Waals surface area contributed by atoms with Crippen molar-refractivity contribution < 1.29 is 0 Å². The SMILES string of the molecule is CN(C)CCCn1c2ccccc2c2cc(CNCCc3ccccc3)ccc21. The van der Waals surface area contributed by atoms with Gasteiger partial charge in [-0.2, -0.15) is 0 Å². The van der Waals surface area contributed by atoms with Crippen LogP contribution >= 0.6 is 0 Å². The molecule has 0 aliphatic heterocycles. The number of hydrogen-bond acceptors (Lipinski definition) is 2. The van der Waals surface area contributed by atoms with Crippen LogP contribution in [0.5, 0.6) is 0 Å². The summed E-state index contributed by atoms with van der Waals surface area (Å²) in [6, 6.07) is 26.4. The Morgan fingerprint density at radius 1 is 0.793 bits per heavy atom. The van der Waals surface area contributed by atoms with E-state index in [-0.39, 0.29) is 0 Å². The summed E-state index contributed by atoms with van der Waals surface area (Å²) >= 11 is 0. The molecule has 0 spiro atoms. The van der Waals surface area contributed by atoms with Crippen molar-refractivity contribution in [2.75, 3.05) is 27.2 Å². The lowest BCUT2D eigenvalue weighted by Crippen LogP contribution is -2.16. The summed E-state index contributed by atoms with van der Waals surface area (Å²) in [5, 5.41) is 6.33. The van der Waals surface area contributed by atoms with Crippen LogP contribution in [0.2, 0.25) is 0 Å². The van der Waals surface area contributed by atoms with Crippen molar-refractivity contribution in [1.29, 1.82) is 0 Å². The normalized spacial score (nSPS) is 11.7. The van der Waals surface area contributed by atoms with Gasteiger partial charge in [0.15, 0.2) is 0 Å². The molecule has 0 atom stereocenters. The van der Waals surface area contributed by atoms with Crippen LogP contribution in [0.15, 0.2) is 72.8 Å². The van der Waals surface area contributed by atoms with Gasteiger partial charge in [0.25, 0.3) is 0 Å². The summed E-state index contributed by atoms with van der Waals surface area (Å²) in [5.74, 6) is 0. The Morgan fingerprint density at radius 3 is 2.38 bits per heavy atom. The highest BCUT2D eigenvalue weighted by molar-refractivity contribution is 6.08. The zero-order valence-corrected chi connectivity index (χ0v) is 17.6. The molecule has 0 saturated carbocycles. The van der Waals surface area contributed by atoms with Gasteiger partial charge in [-0.05, 0) is 69.4 Å². The largest absolute Gasteiger partial charge is 0.340 e. The minimum atomic E-state index is 0.906. The van der Waals surface area contributed by atoms with Crippen molar-refractivity contribution in [2.45, 2.75) is 25.9 Å². The second-order valence-corrected chi connectivity index (χ2v) is 8.09. The van der Waals surface area contributed by atoms with Crippen LogP contribution in [0.1, 0.15) is 17.5 Å². The van der Waals surface area contributed by atoms with Crippen LogP contribution in [-0.4, -0.2) is 36.7 Å². The van der Waals surface area contributed by atoms with E-state index in [0.29, 0.717) is 0 Å². The Kier molecular flexibility index (Phi) is 6.28. The number of aryl methyl sites for hydroxylation is 1. The van der Waals surface area contributed by atoms with Crippen molar-refractivity contribution in [2.24, 2.45) is 0 Å². The number of aromatic nitrogens is 1. The van der Waals surface area contributed by atoms with Gasteiger partial charge in [0.2, 0.25) is 0 Å². The molecule has 1 heterocycles. The molecule has 3 heteroatoms. The van der Waals surface area contributed by atoms with Gasteiger partial charge in [0.05, 0.1) is 0 Å². The Labute approximate surface area is 174 Å². The van der Waals surface area contributed by atoms with Gasteiger partial charge in [-0.15, -0.1) is 0 Å². The number of hydrogen-bond donors (Lipinski definition) is 1. The van der Waals surface area contributed by atoms with Crippen LogP contribution in [0, 0.1) is 0 Å². The van der Waals surface area contributed by atoms with Gasteiger partial charge >= 0.3 is 0 Å². The molecule has 4 aromatic rings. The summed E-state index contributed by atoms with van der Waals surface area (Å²) in [7, 11) is 4.28. The van der Waals surface area contributed by atoms with Gasteiger partial charge in [-0.25, -0.2) is 0 Å². The molecule has 0 fully saturated rings. The predicted octanol–water partition coefficient (Wildman–Crippen LogP) is 5.08. The number of nitrogens with one attached hydrogen (secondary N) is 1. The van der Waals surface area contributed by atoms with E-state index in [1.54, 1.807) is 0 Å². The molecular weight excluding hydrogens is 354 g/mol. The fraction of sp³-hybridized carbons (Fsp3) is 0.308. The first-order chi connectivity index (χ1) is 14.2. The number of rotatable bonds is 9. The summed E-state index contributed by atoms with van der Waals surface area (Å²) in [4.78, 5) is 2.26. The highest BCUT2D eigenvalue weighted by Gasteiger charge is 2.10. The fourth-order valence-electron chi connectivity index (χ4n) is 4.11. The molecule has 1 N–H and O–H groups in total. The smallest absolute Gasteiger partial charge is 0.0491 e. The second-order valence-electron chi connectivity index (χ2n) is 8.09. The maximum atomic E-state index is 3.60. The van der Waals surface area contributed by atoms with Crippen LogP contribution in [0.4, 0.5) is 0 Å². The van der Waals surface area contributed by atoms with Crippen LogP contribution in [0.25, 0.3) is 21.8 Å². The van der Waals surface area contributed by atoms with Crippen LogP contribution in [-0.2, 0) is 19.5 Å². The molecule has 0 aliphatic rings. The number of fused-ring (bicyclic) bond motifs is 3. The molecule has 0 aliphatic carbocycles. The predicted molar refractivity (Wildman–Crippen MR) is 124 cm³/mol. The van der Waals surface area contributed by atoms with Crippen LogP contribution in [0.3, 0.4) is 0 Å². The van der Waals surface area contributed by atoms with Gasteiger partial charge in [-0.1, -0.05) is 54.6 Å². The first-order valence-electron chi connectivity index (χ1n) is 10.6. The van der Waals surface area contributed by atoms with E-state index >= 15 is 0 Å². The monoisotopic (exact) mass is 385 g/mol. The first-order valence-corrected chi connectivity index (χ1v) is 10.6. The highest BCUT2D eigenvalue weighted by Crippen LogP contribution is 2.30. The minimum Gasteiger partial charge on any atom is -0.340 e. The van der Waals surface area contributed by atoms with E-state index in [1.807, 2.05) is 0 Å². The fourth-order valence-corrected chi connectivity index (χ4v) is 4.11. The lowest BCUT2D eigenvalue weighted by atomic mass is 10.1. The third-order valence-electron chi connectivity index (χ3n) is 5.59. The molecule has 29 heavy (non-hydrogen) atoms. The third kappa shape index (κ3) is 4.69. The molecule has 1 aromatic heterocycles. The third-order valence-corrected chi connectivity index (χ3v) is 5.59. The van der Waals surface area contributed by atoms with Crippen LogP contribution < -0.4 is 5.32 Å². The van der Waals surface area contributed by atoms with Gasteiger partial charge in [0.1, 0.15) is 0 Å². The summed E-state index contributed by atoms with van der Waals surface area (Å²) in [6.07, 6.45) is 2.22. The van der Waals surface area contributed by atoms with E-state index in [9.17, 15) is 0 Å². The maximum Gasteiger partial charge on any atom is 0.0491 e. The Hall–Kier alpha value is -2.62. The molecule has 0 amide bonds. The van der Waals surface area contributed by atoms with E-state index in [1.165, 1.54) is 32.9 Å².